The number of halogens is 3. The van der Waals surface area contributed by atoms with Crippen LogP contribution in [0, 0.1) is 0 Å². The summed E-state index contributed by atoms with van der Waals surface area (Å²) in [5.74, 6) is 0.338. The monoisotopic (exact) mass is 344 g/mol. The smallest absolute Gasteiger partial charge is 0.406 e. The Morgan fingerprint density at radius 3 is 2.50 bits per heavy atom. The molecule has 1 aromatic rings. The Morgan fingerprint density at radius 1 is 1.33 bits per heavy atom. The van der Waals surface area contributed by atoms with E-state index in [1.165, 1.54) is 0 Å². The molecule has 0 unspecified atom stereocenters. The second kappa shape index (κ2) is 7.42. The maximum atomic E-state index is 12.5. The van der Waals surface area contributed by atoms with E-state index in [4.69, 9.17) is 4.74 Å². The van der Waals surface area contributed by atoms with Gasteiger partial charge in [0.15, 0.2) is 0 Å². The molecule has 24 heavy (non-hydrogen) atoms. The molecule has 0 spiro atoms. The average Bonchev–Trinajstić information content (AvgIpc) is 2.86. The van der Waals surface area contributed by atoms with Crippen molar-refractivity contribution in [3.05, 3.63) is 29.8 Å². The number of benzene rings is 1. The molecule has 1 aliphatic rings. The predicted molar refractivity (Wildman–Crippen MR) is 85.0 cm³/mol. The minimum absolute atomic E-state index is 0.0400. The van der Waals surface area contributed by atoms with Crippen LogP contribution in [0.4, 0.5) is 13.2 Å². The summed E-state index contributed by atoms with van der Waals surface area (Å²) >= 11 is 0. The van der Waals surface area contributed by atoms with Gasteiger partial charge in [-0.25, -0.2) is 0 Å². The van der Waals surface area contributed by atoms with Gasteiger partial charge in [0.05, 0.1) is 13.2 Å². The van der Waals surface area contributed by atoms with E-state index in [1.54, 1.807) is 14.2 Å². The molecule has 2 atom stereocenters. The molecular formula is C17H23F3N2O2. The first kappa shape index (κ1) is 18.6. The molecule has 2 rings (SSSR count). The Balaban J connectivity index is 1.95. The maximum Gasteiger partial charge on any atom is 0.406 e. The molecule has 0 saturated carbocycles. The van der Waals surface area contributed by atoms with E-state index < -0.39 is 24.7 Å². The van der Waals surface area contributed by atoms with E-state index in [2.05, 4.69) is 0 Å². The molecule has 1 amide bonds. The number of likely N-dealkylation sites (N-methyl/N-ethyl adjacent to an activating group) is 1. The van der Waals surface area contributed by atoms with Gasteiger partial charge in [0.1, 0.15) is 12.3 Å². The topological polar surface area (TPSA) is 32.8 Å². The van der Waals surface area contributed by atoms with Crippen molar-refractivity contribution in [2.75, 3.05) is 27.2 Å². The van der Waals surface area contributed by atoms with Crippen molar-refractivity contribution in [2.24, 2.45) is 0 Å². The van der Waals surface area contributed by atoms with Gasteiger partial charge in [-0.15, -0.1) is 0 Å². The summed E-state index contributed by atoms with van der Waals surface area (Å²) in [6.07, 6.45) is -3.21. The Hall–Kier alpha value is -1.76. The number of nitrogens with zero attached hydrogens (tertiary/aromatic N) is 2. The summed E-state index contributed by atoms with van der Waals surface area (Å²) in [5.41, 5.74) is 1.09. The summed E-state index contributed by atoms with van der Waals surface area (Å²) in [4.78, 5) is 15.0. The Bertz CT molecular complexity index is 560. The van der Waals surface area contributed by atoms with Gasteiger partial charge in [-0.1, -0.05) is 12.1 Å². The molecule has 1 aromatic carbocycles. The molecule has 0 radical (unpaired) electrons. The van der Waals surface area contributed by atoms with Crippen LogP contribution in [0.25, 0.3) is 0 Å². The molecule has 0 aromatic heterocycles. The van der Waals surface area contributed by atoms with Crippen molar-refractivity contribution in [2.45, 2.75) is 38.0 Å². The van der Waals surface area contributed by atoms with E-state index in [9.17, 15) is 18.0 Å². The molecule has 1 fully saturated rings. The van der Waals surface area contributed by atoms with E-state index in [-0.39, 0.29) is 12.6 Å². The van der Waals surface area contributed by atoms with Crippen molar-refractivity contribution in [1.82, 2.24) is 9.80 Å². The van der Waals surface area contributed by atoms with Gasteiger partial charge in [-0.05, 0) is 44.5 Å². The van der Waals surface area contributed by atoms with Gasteiger partial charge < -0.3 is 9.64 Å². The van der Waals surface area contributed by atoms with Crippen LogP contribution in [0.15, 0.2) is 24.3 Å². The first-order valence-corrected chi connectivity index (χ1v) is 7.91. The third-order valence-electron chi connectivity index (χ3n) is 4.52. The summed E-state index contributed by atoms with van der Waals surface area (Å²) in [6, 6.07) is 7.20. The molecule has 0 bridgehead atoms. The van der Waals surface area contributed by atoms with Crippen molar-refractivity contribution < 1.29 is 22.7 Å². The molecule has 0 aliphatic carbocycles. The van der Waals surface area contributed by atoms with Gasteiger partial charge in [0.2, 0.25) is 5.91 Å². The zero-order valence-electron chi connectivity index (χ0n) is 14.1. The molecule has 4 nitrogen and oxygen atoms in total. The van der Waals surface area contributed by atoms with Crippen LogP contribution >= 0.6 is 0 Å². The minimum atomic E-state index is -4.35. The Morgan fingerprint density at radius 2 is 1.96 bits per heavy atom. The lowest BCUT2D eigenvalue weighted by atomic mass is 10.0. The number of ether oxygens (including phenoxy) is 1. The zero-order valence-corrected chi connectivity index (χ0v) is 14.1. The van der Waals surface area contributed by atoms with E-state index in [1.807, 2.05) is 36.1 Å². The number of methoxy groups -OCH3 is 1. The van der Waals surface area contributed by atoms with Crippen LogP contribution in [-0.2, 0) is 11.2 Å². The molecular weight excluding hydrogens is 321 g/mol. The lowest BCUT2D eigenvalue weighted by molar-refractivity contribution is -0.159. The largest absolute Gasteiger partial charge is 0.497 e. The quantitative estimate of drug-likeness (QED) is 0.795. The van der Waals surface area contributed by atoms with E-state index >= 15 is 0 Å². The number of hydrogen-bond donors (Lipinski definition) is 0. The van der Waals surface area contributed by atoms with Crippen LogP contribution < -0.4 is 4.74 Å². The van der Waals surface area contributed by atoms with E-state index in [0.717, 1.165) is 16.2 Å². The second-order valence-corrected chi connectivity index (χ2v) is 6.25. The SMILES string of the molecule is COc1ccc(C[C@@H](C)N(C)[C@@H]2CCN(CC(F)(F)F)C2=O)cc1. The fourth-order valence-electron chi connectivity index (χ4n) is 3.03. The molecule has 1 heterocycles. The van der Waals surface area contributed by atoms with Crippen LogP contribution in [0.1, 0.15) is 18.9 Å². The number of carbonyl (C=O) groups is 1. The molecule has 7 heteroatoms. The highest BCUT2D eigenvalue weighted by Crippen LogP contribution is 2.24. The number of likely N-dealkylation sites (tertiary alicyclic amines) is 1. The van der Waals surface area contributed by atoms with Gasteiger partial charge in [-0.2, -0.15) is 13.2 Å². The van der Waals surface area contributed by atoms with Gasteiger partial charge >= 0.3 is 6.18 Å². The summed E-state index contributed by atoms with van der Waals surface area (Å²) in [6.45, 7) is 0.968. The van der Waals surface area contributed by atoms with Crippen LogP contribution in [0.2, 0.25) is 0 Å². The summed E-state index contributed by atoms with van der Waals surface area (Å²) < 4.78 is 42.6. The van der Waals surface area contributed by atoms with Gasteiger partial charge in [0, 0.05) is 12.6 Å². The van der Waals surface area contributed by atoms with Crippen LogP contribution in [0.5, 0.6) is 5.75 Å². The third-order valence-corrected chi connectivity index (χ3v) is 4.52. The summed E-state index contributed by atoms with van der Waals surface area (Å²) in [5, 5.41) is 0. The highest BCUT2D eigenvalue weighted by Gasteiger charge is 2.41. The maximum absolute atomic E-state index is 12.5. The van der Waals surface area contributed by atoms with Crippen molar-refractivity contribution in [3.8, 4) is 5.75 Å². The van der Waals surface area contributed by atoms with Gasteiger partial charge in [-0.3, -0.25) is 9.69 Å². The standard InChI is InChI=1S/C17H23F3N2O2/c1-12(10-13-4-6-14(24-3)7-5-13)21(2)15-8-9-22(16(15)23)11-17(18,19)20/h4-7,12,15H,8-11H2,1-3H3/t12-,15-/m1/s1. The van der Waals surface area contributed by atoms with Gasteiger partial charge in [0.25, 0.3) is 0 Å². The highest BCUT2D eigenvalue weighted by molar-refractivity contribution is 5.84. The van der Waals surface area contributed by atoms with Crippen molar-refractivity contribution in [3.63, 3.8) is 0 Å². The summed E-state index contributed by atoms with van der Waals surface area (Å²) in [7, 11) is 3.40. The Labute approximate surface area is 140 Å². The third kappa shape index (κ3) is 4.63. The van der Waals surface area contributed by atoms with Crippen molar-refractivity contribution >= 4 is 5.91 Å². The first-order chi connectivity index (χ1) is 11.2. The molecule has 1 aliphatic heterocycles. The highest BCUT2D eigenvalue weighted by atomic mass is 19.4. The van der Waals surface area contributed by atoms with Crippen molar-refractivity contribution in [1.29, 1.82) is 0 Å². The van der Waals surface area contributed by atoms with Crippen LogP contribution in [0.3, 0.4) is 0 Å². The average molecular weight is 344 g/mol. The number of amides is 1. The molecule has 134 valence electrons. The molecule has 1 saturated heterocycles. The van der Waals surface area contributed by atoms with E-state index in [0.29, 0.717) is 12.8 Å². The fraction of sp³-hybridized carbons (Fsp3) is 0.588. The number of hydrogen-bond acceptors (Lipinski definition) is 3. The number of alkyl halides is 3. The minimum Gasteiger partial charge on any atom is -0.497 e. The lowest BCUT2D eigenvalue weighted by Crippen LogP contribution is -2.46. The zero-order chi connectivity index (χ0) is 17.9. The van der Waals surface area contributed by atoms with Crippen LogP contribution in [-0.4, -0.2) is 61.2 Å². The molecule has 0 N–H and O–H groups in total. The normalized spacial score (nSPS) is 19.9. The lowest BCUT2D eigenvalue weighted by Gasteiger charge is -2.30. The second-order valence-electron chi connectivity index (χ2n) is 6.25. The predicted octanol–water partition coefficient (Wildman–Crippen LogP) is 2.72. The number of rotatable bonds is 6. The number of carbonyl (C=O) groups excluding carboxylic acids is 1. The first-order valence-electron chi connectivity index (χ1n) is 7.91. The Kier molecular flexibility index (Phi) is 5.74. The fourth-order valence-corrected chi connectivity index (χ4v) is 3.03.